The molecule has 7 N–H and O–H groups in total. The van der Waals surface area contributed by atoms with Gasteiger partial charge in [0.25, 0.3) is 13.1 Å². The van der Waals surface area contributed by atoms with E-state index in [1.807, 2.05) is 42.2 Å². The number of nitrogens with one attached hydrogen (secondary N) is 6. The fourth-order valence-electron chi connectivity index (χ4n) is 13.8. The number of aliphatic hydroxyl groups excluding tert-OH is 1. The van der Waals surface area contributed by atoms with E-state index in [9.17, 15) is 66.3 Å². The van der Waals surface area contributed by atoms with E-state index in [1.165, 1.54) is 103 Å². The van der Waals surface area contributed by atoms with E-state index in [0.29, 0.717) is 123 Å². The van der Waals surface area contributed by atoms with Gasteiger partial charge in [0.05, 0.1) is 102 Å². The quantitative estimate of drug-likeness (QED) is 0.0106. The molecule has 0 amide bonds. The van der Waals surface area contributed by atoms with Crippen LogP contribution in [0.2, 0.25) is 0 Å². The van der Waals surface area contributed by atoms with Gasteiger partial charge in [-0.15, -0.1) is 23.5 Å². The number of aryl methyl sites for hydroxylation is 2. The molecule has 4 fully saturated rings. The summed E-state index contributed by atoms with van der Waals surface area (Å²) in [6.45, 7) is 18.5. The van der Waals surface area contributed by atoms with Crippen LogP contribution in [0.4, 0.5) is 29.2 Å². The molecule has 4 aliphatic rings. The number of aromatic amines is 1. The molecule has 8 aromatic heterocycles. The van der Waals surface area contributed by atoms with Crippen molar-refractivity contribution in [3.05, 3.63) is 105 Å². The normalized spacial score (nSPS) is 20.4. The molecule has 8 aromatic rings. The molecule has 1 saturated carbocycles. The van der Waals surface area contributed by atoms with Gasteiger partial charge in [-0.05, 0) is 108 Å². The number of thioether (sulfide) groups is 7. The van der Waals surface area contributed by atoms with Crippen LogP contribution in [0.15, 0.2) is 76.2 Å². The number of ether oxygens (including phenoxy) is 5. The van der Waals surface area contributed by atoms with Crippen molar-refractivity contribution in [2.75, 3.05) is 245 Å². The lowest BCUT2D eigenvalue weighted by Gasteiger charge is -2.26. The summed E-state index contributed by atoms with van der Waals surface area (Å²) in [5.74, 6) is 5.97. The van der Waals surface area contributed by atoms with Crippen LogP contribution < -0.4 is 43.5 Å². The molecule has 0 aromatic carbocycles. The van der Waals surface area contributed by atoms with E-state index < -0.39 is 97.8 Å². The van der Waals surface area contributed by atoms with Gasteiger partial charge in [-0.1, -0.05) is 72.3 Å². The summed E-state index contributed by atoms with van der Waals surface area (Å²) in [7, 11) is 7.57. The fourth-order valence-corrected chi connectivity index (χ4v) is 24.9. The Hall–Kier alpha value is -6.83. The molecule has 6 unspecified atom stereocenters. The van der Waals surface area contributed by atoms with Crippen LogP contribution in [0.1, 0.15) is 91.0 Å². The molecule has 3 saturated heterocycles. The third-order valence-corrected chi connectivity index (χ3v) is 37.8. The average molecular weight is 2340 g/mol. The Bertz CT molecular complexity index is 6260. The minimum atomic E-state index is -3.61. The zero-order valence-corrected chi connectivity index (χ0v) is 98.2. The number of fused-ring (bicyclic) bond motifs is 3. The van der Waals surface area contributed by atoms with Crippen molar-refractivity contribution in [1.82, 2.24) is 96.0 Å². The smallest absolute Gasteiger partial charge is 0.392 e. The maximum absolute atomic E-state index is 13.1. The maximum atomic E-state index is 13.1. The van der Waals surface area contributed by atoms with Crippen LogP contribution >= 0.6 is 121 Å². The molecule has 1 aliphatic carbocycles. The SMILES string of the molecule is C=C1[C@H](COP(=O)(OCCSC(C)=O)N(C)C)[C@@H](O)C[C@@H]1n1cnc2c(=O)[nH]c(CC)nc21.CNc1ccn([C@@H]2CS[C@H](COP(=O)(OCCSC(C)=O)N(C)C)O2)c(=O)n1.CNc1nc(=O)n([C@@H]2CS[C@H](COP(=O)(OCCSC(C)=O)N(C)C)O2)cc1C.CNc1nc(NC)c2ccn([C@H]3CO[C@@H](COP(=O)(OCCSC(C)=O)N(C)C)O3)c2n1.CNc1ncnc2c1ncn2CC(C)OCP(=O)(OCCSC(C)=O)N(C)C. The first-order chi connectivity index (χ1) is 71.0. The highest BCUT2D eigenvalue weighted by molar-refractivity contribution is 8.14. The minimum absolute atomic E-state index is 0.00551. The number of nitrogens with zero attached hydrogens (tertiary/aromatic N) is 19. The Balaban J connectivity index is 0.000000229. The molecule has 65 heteroatoms. The molecular formula is C85H138N25O28P5S7. The molecule has 53 nitrogen and oxygen atoms in total. The average Bonchev–Trinajstić information content (AvgIpc) is 1.59. The number of hydrogen-bond donors (Lipinski definition) is 7. The van der Waals surface area contributed by atoms with Crippen molar-refractivity contribution in [3.63, 3.8) is 0 Å². The molecule has 0 bridgehead atoms. The van der Waals surface area contributed by atoms with E-state index in [2.05, 4.69) is 83.0 Å². The Morgan fingerprint density at radius 1 is 0.533 bits per heavy atom. The summed E-state index contributed by atoms with van der Waals surface area (Å²) < 4.78 is 159. The van der Waals surface area contributed by atoms with Crippen molar-refractivity contribution in [2.24, 2.45) is 5.92 Å². The molecule has 838 valence electrons. The number of anilines is 5. The maximum Gasteiger partial charge on any atom is 0.407 e. The zero-order chi connectivity index (χ0) is 111. The summed E-state index contributed by atoms with van der Waals surface area (Å²) in [6.07, 6.45) is 7.56. The largest absolute Gasteiger partial charge is 0.407 e. The summed E-state index contributed by atoms with van der Waals surface area (Å²) >= 11 is 8.44. The van der Waals surface area contributed by atoms with Crippen molar-refractivity contribution >= 4 is 209 Å². The molecule has 0 radical (unpaired) electrons. The molecule has 11 heterocycles. The van der Waals surface area contributed by atoms with Crippen LogP contribution in [0.5, 0.6) is 0 Å². The van der Waals surface area contributed by atoms with Gasteiger partial charge in [0.2, 0.25) is 5.95 Å². The Labute approximate surface area is 899 Å². The third-order valence-electron chi connectivity index (χ3n) is 21.6. The van der Waals surface area contributed by atoms with Gasteiger partial charge >= 0.3 is 42.4 Å². The van der Waals surface area contributed by atoms with E-state index in [1.54, 1.807) is 135 Å². The number of H-pyrrole nitrogens is 1. The molecular weight excluding hydrogens is 2200 g/mol. The standard InChI is InChI=1S/C20H30N5O6PS.C18H29N6O6PS.C16H27N6O4PS.C16H27N4O6PS2.C15H25N4O6PS2/c1-6-17-22-19-18(20(28)23-17)21-11-25(19)15-9-16(27)14(12(15)2)10-31-32(29,24(4)5)30-7-8-33-13(3)26;1-12(25)32-9-8-28-31(26,23(4)5)29-11-15-27-10-14(30-15)24-7-6-13-16(19-2)21-18(20-3)22-17(13)24;1-12(8-22-10-20-14-15(17-3)18-9-19-16(14)22)25-11-27(24,21(4)5)26-6-7-28-13(2)23;1-11-8-20(16(22)18-15(11)17-3)13-10-29-14(26-13)9-25-27(23,19(4)5)24-6-7-28-12(2)21;1-11(20)27-8-7-23-26(22,18(3)4)24-9-14-25-13(10-28-14)19-6-5-12(16-2)17-15(19)21/h11,14-16,27H,2,6-10H2,1,3-5H3,(H,22,23,28);6-7,14-15H,8-11H2,1-5H3,(H2,19,20,21,22);9-10,12H,6-8,11H2,1-5H3,(H,17,18,19);8,13-14H,6-7,9-10H2,1-5H3,(H,17,18,22);5-6,13-14H,7-10H2,1-4H3,(H,16,17,21)/t14-,15-,16-,32?;14-,15-,31?;;13-,14+,27?;13-,14+,26?/m01.00/s1. The lowest BCUT2D eigenvalue weighted by Crippen LogP contribution is -2.29. The first kappa shape index (κ1) is 128. The Kier molecular flexibility index (Phi) is 52.8. The summed E-state index contributed by atoms with van der Waals surface area (Å²) in [6, 6.07) is 3.25. The number of rotatable bonds is 52. The van der Waals surface area contributed by atoms with Crippen LogP contribution in [-0.2, 0) is 124 Å². The van der Waals surface area contributed by atoms with E-state index in [0.717, 1.165) is 69.8 Å². The first-order valence-electron chi connectivity index (χ1n) is 46.7. The second-order valence-corrected chi connectivity index (χ2v) is 53.9. The number of hydrogen-bond acceptors (Lipinski definition) is 49. The van der Waals surface area contributed by atoms with Gasteiger partial charge < -0.3 is 78.6 Å². The number of aromatic nitrogens is 15. The molecule has 12 rings (SSSR count). The second-order valence-electron chi connectivity index (χ2n) is 33.5. The van der Waals surface area contributed by atoms with Gasteiger partial charge in [-0.2, -0.15) is 19.9 Å². The lowest BCUT2D eigenvalue weighted by molar-refractivity contribution is -0.109. The van der Waals surface area contributed by atoms with Crippen LogP contribution in [0, 0.1) is 12.8 Å². The zero-order valence-electron chi connectivity index (χ0n) is 88.0. The Morgan fingerprint density at radius 3 is 1.50 bits per heavy atom. The third kappa shape index (κ3) is 38.0. The summed E-state index contributed by atoms with van der Waals surface area (Å²) in [4.78, 5) is 133. The van der Waals surface area contributed by atoms with Crippen LogP contribution in [0.3, 0.4) is 0 Å². The molecule has 150 heavy (non-hydrogen) atoms. The predicted octanol–water partition coefficient (Wildman–Crippen LogP) is 10.8. The Morgan fingerprint density at radius 2 is 1.02 bits per heavy atom. The molecule has 15 atom stereocenters. The van der Waals surface area contributed by atoms with Crippen molar-refractivity contribution < 1.29 is 116 Å². The minimum Gasteiger partial charge on any atom is -0.392 e. The highest BCUT2D eigenvalue weighted by Crippen LogP contribution is 2.56. The van der Waals surface area contributed by atoms with Crippen LogP contribution in [0.25, 0.3) is 33.4 Å². The topological polar surface area (TPSA) is 604 Å². The summed E-state index contributed by atoms with van der Waals surface area (Å²) in [5.41, 5.74) is 2.29. The van der Waals surface area contributed by atoms with Gasteiger partial charge in [0, 0.05) is 147 Å². The van der Waals surface area contributed by atoms with Crippen molar-refractivity contribution in [1.29, 1.82) is 0 Å². The van der Waals surface area contributed by atoms with Crippen molar-refractivity contribution in [2.45, 2.75) is 129 Å². The van der Waals surface area contributed by atoms with Gasteiger partial charge in [0.15, 0.2) is 60.7 Å². The van der Waals surface area contributed by atoms with Crippen LogP contribution in [-0.4, -0.2) is 374 Å². The lowest BCUT2D eigenvalue weighted by atomic mass is 10.0. The van der Waals surface area contributed by atoms with Gasteiger partial charge in [0.1, 0.15) is 77.1 Å². The van der Waals surface area contributed by atoms with E-state index in [-0.39, 0.29) is 121 Å². The van der Waals surface area contributed by atoms with E-state index >= 15 is 0 Å². The second kappa shape index (κ2) is 61.8. The molecule has 0 spiro atoms. The first-order valence-corrected chi connectivity index (χ1v) is 61.5. The number of carbonyl (C=O) groups is 5. The van der Waals surface area contributed by atoms with Crippen molar-refractivity contribution in [3.8, 4) is 0 Å². The molecule has 3 aliphatic heterocycles. The van der Waals surface area contributed by atoms with Gasteiger partial charge in [-0.25, -0.2) is 76.1 Å². The van der Waals surface area contributed by atoms with Gasteiger partial charge in [-0.3, -0.25) is 78.7 Å². The number of aliphatic hydroxyl groups is 1. The highest BCUT2D eigenvalue weighted by atomic mass is 32.2. The summed E-state index contributed by atoms with van der Waals surface area (Å²) in [5, 5.41) is 26.1. The van der Waals surface area contributed by atoms with E-state index in [4.69, 9.17) is 64.4 Å². The number of carbonyl (C=O) groups excluding carboxylic acids is 5. The predicted molar refractivity (Wildman–Crippen MR) is 586 cm³/mol. The number of imidazole rings is 2. The highest BCUT2D eigenvalue weighted by Gasteiger charge is 2.43. The fraction of sp³-hybridized carbons (Fsp3) is 0.635. The monoisotopic (exact) mass is 2340 g/mol.